The van der Waals surface area contributed by atoms with E-state index in [1.54, 1.807) is 49.4 Å². The summed E-state index contributed by atoms with van der Waals surface area (Å²) in [5.74, 6) is 1.19. The Hall–Kier alpha value is -3.71. The Kier molecular flexibility index (Phi) is 6.24. The number of nitrogens with zero attached hydrogens (tertiary/aromatic N) is 2. The Balaban J connectivity index is 1.49. The summed E-state index contributed by atoms with van der Waals surface area (Å²) in [6, 6.07) is 23.3. The molecule has 154 valence electrons. The zero-order chi connectivity index (χ0) is 21.6. The van der Waals surface area contributed by atoms with Gasteiger partial charge in [-0.15, -0.1) is 11.8 Å². The molecule has 1 aromatic heterocycles. The number of rotatable bonds is 7. The van der Waals surface area contributed by atoms with Gasteiger partial charge in [-0.1, -0.05) is 59.8 Å². The van der Waals surface area contributed by atoms with Crippen molar-refractivity contribution in [2.24, 2.45) is 0 Å². The van der Waals surface area contributed by atoms with Crippen molar-refractivity contribution in [3.05, 3.63) is 107 Å². The Morgan fingerprint density at radius 2 is 1.68 bits per heavy atom. The lowest BCUT2D eigenvalue weighted by molar-refractivity contribution is 0.101. The van der Waals surface area contributed by atoms with E-state index in [0.717, 1.165) is 4.90 Å². The number of aromatic nitrogens is 2. The Morgan fingerprint density at radius 3 is 2.45 bits per heavy atom. The highest BCUT2D eigenvalue weighted by Gasteiger charge is 2.15. The number of carbonyl (C=O) groups excluding carboxylic acids is 2. The molecule has 0 aliphatic heterocycles. The third-order valence-electron chi connectivity index (χ3n) is 4.47. The van der Waals surface area contributed by atoms with Gasteiger partial charge in [-0.2, -0.15) is 4.98 Å². The van der Waals surface area contributed by atoms with Gasteiger partial charge >= 0.3 is 0 Å². The largest absolute Gasteiger partial charge is 0.338 e. The van der Waals surface area contributed by atoms with E-state index < -0.39 is 0 Å². The molecule has 1 amide bonds. The van der Waals surface area contributed by atoms with E-state index in [-0.39, 0.29) is 11.7 Å². The summed E-state index contributed by atoms with van der Waals surface area (Å²) in [5, 5.41) is 6.67. The summed E-state index contributed by atoms with van der Waals surface area (Å²) < 4.78 is 5.14. The van der Waals surface area contributed by atoms with Gasteiger partial charge in [0, 0.05) is 21.7 Å². The molecule has 0 bridgehead atoms. The number of hydrogen-bond donors (Lipinski definition) is 1. The third-order valence-corrected chi connectivity index (χ3v) is 5.53. The summed E-state index contributed by atoms with van der Waals surface area (Å²) in [6.45, 7) is 1.76. The van der Waals surface area contributed by atoms with E-state index in [1.807, 2.05) is 36.4 Å². The van der Waals surface area contributed by atoms with Gasteiger partial charge in [-0.3, -0.25) is 9.59 Å². The molecule has 0 radical (unpaired) electrons. The summed E-state index contributed by atoms with van der Waals surface area (Å²) >= 11 is 1.45. The minimum Gasteiger partial charge on any atom is -0.338 e. The van der Waals surface area contributed by atoms with Crippen molar-refractivity contribution in [1.82, 2.24) is 10.1 Å². The van der Waals surface area contributed by atoms with Crippen LogP contribution < -0.4 is 5.32 Å². The maximum atomic E-state index is 12.9. The topological polar surface area (TPSA) is 85.1 Å². The molecule has 3 aromatic carbocycles. The smallest absolute Gasteiger partial charge is 0.256 e. The number of aryl methyl sites for hydroxylation is 1. The van der Waals surface area contributed by atoms with Crippen molar-refractivity contribution >= 4 is 29.1 Å². The number of thioether (sulfide) groups is 1. The summed E-state index contributed by atoms with van der Waals surface area (Å²) in [5.41, 5.74) is 2.20. The third kappa shape index (κ3) is 5.07. The highest BCUT2D eigenvalue weighted by molar-refractivity contribution is 7.98. The van der Waals surface area contributed by atoms with Gasteiger partial charge in [-0.25, -0.2) is 0 Å². The van der Waals surface area contributed by atoms with Crippen LogP contribution in [0.1, 0.15) is 38.0 Å². The van der Waals surface area contributed by atoms with Gasteiger partial charge in [0.05, 0.1) is 11.3 Å². The molecule has 0 unspecified atom stereocenters. The first-order valence-corrected chi connectivity index (χ1v) is 10.6. The first kappa shape index (κ1) is 20.6. The fraction of sp³-hybridized carbons (Fsp3) is 0.0833. The van der Waals surface area contributed by atoms with Crippen molar-refractivity contribution in [2.45, 2.75) is 17.6 Å². The van der Waals surface area contributed by atoms with Crippen molar-refractivity contribution in [1.29, 1.82) is 0 Å². The Bertz CT molecular complexity index is 1220. The van der Waals surface area contributed by atoms with Gasteiger partial charge < -0.3 is 9.84 Å². The van der Waals surface area contributed by atoms with Crippen LogP contribution in [0, 0.1) is 6.92 Å². The lowest BCUT2D eigenvalue weighted by Gasteiger charge is -2.10. The highest BCUT2D eigenvalue weighted by Crippen LogP contribution is 2.27. The Morgan fingerprint density at radius 1 is 0.935 bits per heavy atom. The molecule has 1 N–H and O–H groups in total. The molecule has 1 heterocycles. The second-order valence-corrected chi connectivity index (χ2v) is 7.77. The SMILES string of the molecule is Cc1noc(CSc2ccccc2C(=O)Nc2cccc(C(=O)c3ccccc3)c2)n1. The molecule has 0 saturated heterocycles. The van der Waals surface area contributed by atoms with Crippen LogP contribution in [0.3, 0.4) is 0 Å². The molecule has 6 nitrogen and oxygen atoms in total. The van der Waals surface area contributed by atoms with E-state index in [0.29, 0.717) is 39.8 Å². The minimum absolute atomic E-state index is 0.0949. The standard InChI is InChI=1S/C24H19N3O3S/c1-16-25-22(30-27-16)15-31-21-13-6-5-12-20(21)24(29)26-19-11-7-10-18(14-19)23(28)17-8-3-2-4-9-17/h2-14H,15H2,1H3,(H,26,29). The first-order chi connectivity index (χ1) is 15.1. The summed E-state index contributed by atoms with van der Waals surface area (Å²) in [6.07, 6.45) is 0. The highest BCUT2D eigenvalue weighted by atomic mass is 32.2. The molecular weight excluding hydrogens is 410 g/mol. The normalized spacial score (nSPS) is 10.6. The van der Waals surface area contributed by atoms with E-state index in [1.165, 1.54) is 11.8 Å². The number of amides is 1. The molecular formula is C24H19N3O3S. The molecule has 0 fully saturated rings. The van der Waals surface area contributed by atoms with Gasteiger partial charge in [0.2, 0.25) is 5.89 Å². The molecule has 0 atom stereocenters. The maximum absolute atomic E-state index is 12.9. The predicted octanol–water partition coefficient (Wildman–Crippen LogP) is 5.15. The molecule has 0 aliphatic rings. The lowest BCUT2D eigenvalue weighted by atomic mass is 10.0. The minimum atomic E-state index is -0.255. The average Bonchev–Trinajstić information content (AvgIpc) is 3.23. The van der Waals surface area contributed by atoms with Crippen LogP contribution >= 0.6 is 11.8 Å². The number of carbonyl (C=O) groups is 2. The van der Waals surface area contributed by atoms with Gasteiger partial charge in [0.1, 0.15) is 0 Å². The fourth-order valence-electron chi connectivity index (χ4n) is 3.01. The fourth-order valence-corrected chi connectivity index (χ4v) is 3.90. The summed E-state index contributed by atoms with van der Waals surface area (Å²) in [7, 11) is 0. The second-order valence-electron chi connectivity index (χ2n) is 6.75. The lowest BCUT2D eigenvalue weighted by Crippen LogP contribution is -2.13. The van der Waals surface area contributed by atoms with Crippen LogP contribution in [-0.4, -0.2) is 21.8 Å². The van der Waals surface area contributed by atoms with Gasteiger partial charge in [-0.05, 0) is 31.2 Å². The van der Waals surface area contributed by atoms with Crippen molar-refractivity contribution in [3.8, 4) is 0 Å². The number of ketones is 1. The van der Waals surface area contributed by atoms with Gasteiger partial charge in [0.15, 0.2) is 11.6 Å². The molecule has 4 rings (SSSR count). The number of nitrogens with one attached hydrogen (secondary N) is 1. The van der Waals surface area contributed by atoms with E-state index >= 15 is 0 Å². The van der Waals surface area contributed by atoms with Crippen LogP contribution in [0.15, 0.2) is 88.3 Å². The number of anilines is 1. The predicted molar refractivity (Wildman–Crippen MR) is 119 cm³/mol. The first-order valence-electron chi connectivity index (χ1n) is 9.62. The average molecular weight is 430 g/mol. The maximum Gasteiger partial charge on any atom is 0.256 e. The van der Waals surface area contributed by atoms with E-state index in [9.17, 15) is 9.59 Å². The van der Waals surface area contributed by atoms with Gasteiger partial charge in [0.25, 0.3) is 5.91 Å². The van der Waals surface area contributed by atoms with E-state index in [2.05, 4.69) is 15.5 Å². The number of benzene rings is 3. The molecule has 4 aromatic rings. The molecule has 7 heteroatoms. The second kappa shape index (κ2) is 9.40. The van der Waals surface area contributed by atoms with Crippen LogP contribution in [-0.2, 0) is 5.75 Å². The molecule has 31 heavy (non-hydrogen) atoms. The Labute approximate surface area is 183 Å². The zero-order valence-electron chi connectivity index (χ0n) is 16.7. The quantitative estimate of drug-likeness (QED) is 0.323. The van der Waals surface area contributed by atoms with E-state index in [4.69, 9.17) is 4.52 Å². The van der Waals surface area contributed by atoms with Crippen LogP contribution in [0.4, 0.5) is 5.69 Å². The monoisotopic (exact) mass is 429 g/mol. The summed E-state index contributed by atoms with van der Waals surface area (Å²) in [4.78, 5) is 30.6. The molecule has 0 spiro atoms. The van der Waals surface area contributed by atoms with Crippen LogP contribution in [0.2, 0.25) is 0 Å². The zero-order valence-corrected chi connectivity index (χ0v) is 17.6. The number of hydrogen-bond acceptors (Lipinski definition) is 6. The van der Waals surface area contributed by atoms with Crippen molar-refractivity contribution in [2.75, 3.05) is 5.32 Å². The van der Waals surface area contributed by atoms with Crippen LogP contribution in [0.5, 0.6) is 0 Å². The van der Waals surface area contributed by atoms with Crippen molar-refractivity contribution in [3.63, 3.8) is 0 Å². The molecule has 0 saturated carbocycles. The molecule has 0 aliphatic carbocycles. The van der Waals surface area contributed by atoms with Crippen molar-refractivity contribution < 1.29 is 14.1 Å². The van der Waals surface area contributed by atoms with Crippen LogP contribution in [0.25, 0.3) is 0 Å².